The van der Waals surface area contributed by atoms with Crippen molar-refractivity contribution < 1.29 is 14.6 Å². The summed E-state index contributed by atoms with van der Waals surface area (Å²) in [6, 6.07) is 5.54. The van der Waals surface area contributed by atoms with E-state index >= 15 is 0 Å². The van der Waals surface area contributed by atoms with Crippen LogP contribution in [0.5, 0.6) is 5.75 Å². The second-order valence-electron chi connectivity index (χ2n) is 6.60. The van der Waals surface area contributed by atoms with Crippen molar-refractivity contribution in [2.75, 3.05) is 0 Å². The Kier molecular flexibility index (Phi) is 2.68. The molecular weight excluding hydrogens is 288 g/mol. The maximum Gasteiger partial charge on any atom is 0.348 e. The van der Waals surface area contributed by atoms with E-state index in [1.165, 1.54) is 24.8 Å². The van der Waals surface area contributed by atoms with Crippen LogP contribution in [0.2, 0.25) is 5.02 Å². The van der Waals surface area contributed by atoms with Crippen molar-refractivity contribution in [3.8, 4) is 5.75 Å². The number of hydrogen-bond acceptors (Lipinski definition) is 2. The van der Waals surface area contributed by atoms with E-state index in [0.29, 0.717) is 29.0 Å². The van der Waals surface area contributed by atoms with E-state index in [4.69, 9.17) is 16.3 Å². The van der Waals surface area contributed by atoms with E-state index in [9.17, 15) is 9.90 Å². The number of carboxylic acid groups (broad SMARTS) is 1. The van der Waals surface area contributed by atoms with Crippen LogP contribution < -0.4 is 4.74 Å². The zero-order chi connectivity index (χ0) is 14.7. The van der Waals surface area contributed by atoms with Gasteiger partial charge in [0.05, 0.1) is 0 Å². The minimum Gasteiger partial charge on any atom is -0.478 e. The summed E-state index contributed by atoms with van der Waals surface area (Å²) in [5, 5.41) is 9.87. The molecule has 2 saturated carbocycles. The van der Waals surface area contributed by atoms with Crippen LogP contribution in [0, 0.1) is 5.41 Å². The van der Waals surface area contributed by atoms with Crippen molar-refractivity contribution >= 4 is 23.1 Å². The minimum absolute atomic E-state index is 0.427. The highest BCUT2D eigenvalue weighted by Crippen LogP contribution is 2.58. The van der Waals surface area contributed by atoms with Gasteiger partial charge in [-0.1, -0.05) is 24.1 Å². The first-order valence-electron chi connectivity index (χ1n) is 7.46. The number of ether oxygens (including phenoxy) is 1. The third-order valence-electron chi connectivity index (χ3n) is 5.06. The van der Waals surface area contributed by atoms with Crippen molar-refractivity contribution in [1.29, 1.82) is 0 Å². The smallest absolute Gasteiger partial charge is 0.348 e. The van der Waals surface area contributed by atoms with Crippen molar-refractivity contribution in [1.82, 2.24) is 0 Å². The molecule has 0 saturated heterocycles. The van der Waals surface area contributed by atoms with Crippen molar-refractivity contribution in [2.24, 2.45) is 5.41 Å². The molecule has 2 fully saturated rings. The lowest BCUT2D eigenvalue weighted by atomic mass is 9.57. The first kappa shape index (κ1) is 13.2. The van der Waals surface area contributed by atoms with Gasteiger partial charge in [-0.15, -0.1) is 0 Å². The summed E-state index contributed by atoms with van der Waals surface area (Å²) in [4.78, 5) is 11.3. The summed E-state index contributed by atoms with van der Waals surface area (Å²) in [5.74, 6) is -0.269. The fraction of sp³-hybridized carbons (Fsp3) is 0.471. The van der Waals surface area contributed by atoms with Gasteiger partial charge in [0.2, 0.25) is 5.60 Å². The summed E-state index contributed by atoms with van der Waals surface area (Å²) in [7, 11) is 0. The number of benzene rings is 1. The molecule has 1 aromatic carbocycles. The van der Waals surface area contributed by atoms with Crippen molar-refractivity contribution in [3.05, 3.63) is 34.9 Å². The molecule has 1 aromatic rings. The minimum atomic E-state index is -1.03. The Morgan fingerprint density at radius 2 is 1.95 bits per heavy atom. The lowest BCUT2D eigenvalue weighted by molar-refractivity contribution is -0.147. The predicted molar refractivity (Wildman–Crippen MR) is 80.6 cm³/mol. The highest BCUT2D eigenvalue weighted by Gasteiger charge is 2.54. The topological polar surface area (TPSA) is 46.5 Å². The Hall–Kier alpha value is -1.48. The molecule has 1 spiro atoms. The molecule has 1 N–H and O–H groups in total. The van der Waals surface area contributed by atoms with Gasteiger partial charge in [-0.05, 0) is 48.4 Å². The Morgan fingerprint density at radius 3 is 2.48 bits per heavy atom. The molecule has 3 nitrogen and oxygen atoms in total. The quantitative estimate of drug-likeness (QED) is 0.902. The van der Waals surface area contributed by atoms with Crippen LogP contribution in [0.1, 0.15) is 44.1 Å². The molecule has 21 heavy (non-hydrogen) atoms. The molecule has 4 heteroatoms. The molecule has 0 atom stereocenters. The molecule has 0 heterocycles. The number of aliphatic carboxylic acids is 1. The highest BCUT2D eigenvalue weighted by molar-refractivity contribution is 6.30. The largest absolute Gasteiger partial charge is 0.478 e. The molecule has 3 aliphatic carbocycles. The average molecular weight is 305 g/mol. The van der Waals surface area contributed by atoms with Crippen LogP contribution in [-0.2, 0) is 4.79 Å². The molecular formula is C17H17ClO3. The monoisotopic (exact) mass is 304 g/mol. The zero-order valence-electron chi connectivity index (χ0n) is 11.7. The number of allylic oxidation sites excluding steroid dienone is 2. The lowest BCUT2D eigenvalue weighted by Gasteiger charge is -2.47. The fourth-order valence-electron chi connectivity index (χ4n) is 3.37. The fourth-order valence-corrected chi connectivity index (χ4v) is 3.54. The predicted octanol–water partition coefficient (Wildman–Crippen LogP) is 4.29. The summed E-state index contributed by atoms with van der Waals surface area (Å²) in [5.41, 5.74) is 1.67. The average Bonchev–Trinajstić information content (AvgIpc) is 3.09. The third kappa shape index (κ3) is 2.06. The van der Waals surface area contributed by atoms with E-state index in [-0.39, 0.29) is 0 Å². The van der Waals surface area contributed by atoms with Crippen LogP contribution in [-0.4, -0.2) is 16.7 Å². The van der Waals surface area contributed by atoms with E-state index in [2.05, 4.69) is 6.08 Å². The van der Waals surface area contributed by atoms with Crippen LogP contribution in [0.25, 0.3) is 5.57 Å². The first-order valence-corrected chi connectivity index (χ1v) is 7.84. The van der Waals surface area contributed by atoms with Gasteiger partial charge in [-0.25, -0.2) is 4.79 Å². The lowest BCUT2D eigenvalue weighted by Crippen LogP contribution is -2.34. The van der Waals surface area contributed by atoms with E-state index in [1.54, 1.807) is 6.07 Å². The first-order chi connectivity index (χ1) is 10.0. The Morgan fingerprint density at radius 1 is 1.24 bits per heavy atom. The number of halogens is 1. The van der Waals surface area contributed by atoms with Crippen LogP contribution in [0.3, 0.4) is 0 Å². The van der Waals surface area contributed by atoms with Gasteiger partial charge in [0.15, 0.2) is 0 Å². The molecule has 0 aromatic heterocycles. The van der Waals surface area contributed by atoms with E-state index in [0.717, 1.165) is 12.0 Å². The second kappa shape index (κ2) is 4.26. The molecule has 110 valence electrons. The second-order valence-corrected chi connectivity index (χ2v) is 7.04. The number of carboxylic acids is 1. The SMILES string of the molecule is O=C(O)C1(Oc2cc(Cl)ccc2C2=CC3(CCC3)C2)CC1. The van der Waals surface area contributed by atoms with Gasteiger partial charge in [-0.3, -0.25) is 0 Å². The molecule has 0 bridgehead atoms. The molecule has 0 amide bonds. The van der Waals surface area contributed by atoms with Gasteiger partial charge >= 0.3 is 5.97 Å². The molecule has 0 radical (unpaired) electrons. The molecule has 0 unspecified atom stereocenters. The Bertz CT molecular complexity index is 654. The van der Waals surface area contributed by atoms with Gasteiger partial charge in [0.25, 0.3) is 0 Å². The maximum absolute atomic E-state index is 11.3. The van der Waals surface area contributed by atoms with Crippen LogP contribution in [0.4, 0.5) is 0 Å². The summed E-state index contributed by atoms with van der Waals surface area (Å²) in [6.07, 6.45) is 8.42. The normalized spacial score (nSPS) is 23.8. The van der Waals surface area contributed by atoms with Gasteiger partial charge in [0.1, 0.15) is 5.75 Å². The number of carbonyl (C=O) groups is 1. The Labute approximate surface area is 128 Å². The van der Waals surface area contributed by atoms with Crippen LogP contribution in [0.15, 0.2) is 24.3 Å². The van der Waals surface area contributed by atoms with Crippen LogP contribution >= 0.6 is 11.6 Å². The third-order valence-corrected chi connectivity index (χ3v) is 5.30. The van der Waals surface area contributed by atoms with Gasteiger partial charge in [-0.2, -0.15) is 0 Å². The van der Waals surface area contributed by atoms with Gasteiger partial charge in [0, 0.05) is 23.4 Å². The maximum atomic E-state index is 11.3. The molecule has 3 aliphatic rings. The van der Waals surface area contributed by atoms with Crippen molar-refractivity contribution in [3.63, 3.8) is 0 Å². The Balaban J connectivity index is 1.65. The van der Waals surface area contributed by atoms with E-state index in [1.807, 2.05) is 12.1 Å². The van der Waals surface area contributed by atoms with Gasteiger partial charge < -0.3 is 9.84 Å². The number of rotatable bonds is 4. The summed E-state index contributed by atoms with van der Waals surface area (Å²) in [6.45, 7) is 0. The molecule has 0 aliphatic heterocycles. The highest BCUT2D eigenvalue weighted by atomic mass is 35.5. The standard InChI is InChI=1S/C17H17ClO3/c18-12-2-3-13(11-9-16(10-11)4-1-5-16)14(8-12)21-17(6-7-17)15(19)20/h2-3,8-9H,1,4-7,10H2,(H,19,20). The summed E-state index contributed by atoms with van der Waals surface area (Å²) >= 11 is 6.06. The number of hydrogen-bond donors (Lipinski definition) is 1. The zero-order valence-corrected chi connectivity index (χ0v) is 12.4. The van der Waals surface area contributed by atoms with Crippen molar-refractivity contribution in [2.45, 2.75) is 44.1 Å². The summed E-state index contributed by atoms with van der Waals surface area (Å²) < 4.78 is 5.84. The van der Waals surface area contributed by atoms with E-state index < -0.39 is 11.6 Å². The molecule has 4 rings (SSSR count).